The number of rotatable bonds is 6. The Balaban J connectivity index is 1.72. The smallest absolute Gasteiger partial charge is 0.294 e. The van der Waals surface area contributed by atoms with Crippen LogP contribution in [0.4, 0.5) is 17.6 Å². The highest BCUT2D eigenvalue weighted by Gasteiger charge is 2.36. The molecule has 9 heteroatoms. The van der Waals surface area contributed by atoms with Gasteiger partial charge < -0.3 is 0 Å². The number of halogens is 6. The van der Waals surface area contributed by atoms with E-state index in [1.807, 2.05) is 0 Å². The zero-order valence-corrected chi connectivity index (χ0v) is 16.8. The van der Waals surface area contributed by atoms with Crippen molar-refractivity contribution in [3.63, 3.8) is 0 Å². The third-order valence-electron chi connectivity index (χ3n) is 4.40. The molecule has 0 bridgehead atoms. The van der Waals surface area contributed by atoms with Gasteiger partial charge in [-0.15, -0.1) is 0 Å². The molecule has 0 aliphatic carbocycles. The first-order valence-corrected chi connectivity index (χ1v) is 9.53. The van der Waals surface area contributed by atoms with E-state index in [0.29, 0.717) is 10.7 Å². The van der Waals surface area contributed by atoms with E-state index in [1.165, 1.54) is 12.1 Å². The van der Waals surface area contributed by atoms with Gasteiger partial charge in [-0.3, -0.25) is 9.78 Å². The Bertz CT molecular complexity index is 1060. The highest BCUT2D eigenvalue weighted by atomic mass is 35.5. The predicted molar refractivity (Wildman–Crippen MR) is 106 cm³/mol. The van der Waals surface area contributed by atoms with Crippen molar-refractivity contribution < 1.29 is 22.4 Å². The summed E-state index contributed by atoms with van der Waals surface area (Å²) in [6.45, 7) is 0. The molecule has 3 nitrogen and oxygen atoms in total. The number of hydrogen-bond donors (Lipinski definition) is 0. The summed E-state index contributed by atoms with van der Waals surface area (Å²) in [5.41, 5.74) is -0.272. The zero-order valence-electron chi connectivity index (χ0n) is 15.3. The Labute approximate surface area is 179 Å². The fourth-order valence-corrected chi connectivity index (χ4v) is 3.32. The topological polar surface area (TPSA) is 42.9 Å². The summed E-state index contributed by atoms with van der Waals surface area (Å²) in [5, 5.41) is 0.469. The summed E-state index contributed by atoms with van der Waals surface area (Å²) >= 11 is 11.9. The monoisotopic (exact) mass is 456 g/mol. The molecule has 1 unspecified atom stereocenters. The number of alkyl halides is 4. The molecule has 0 spiro atoms. The molecule has 156 valence electrons. The second-order valence-electron chi connectivity index (χ2n) is 6.43. The largest absolute Gasteiger partial charge is 0.434 e. The highest BCUT2D eigenvalue weighted by Crippen LogP contribution is 2.34. The molecule has 0 saturated carbocycles. The van der Waals surface area contributed by atoms with E-state index in [1.54, 1.807) is 30.5 Å². The van der Waals surface area contributed by atoms with Gasteiger partial charge in [0.05, 0.1) is 0 Å². The molecule has 3 aromatic rings. The van der Waals surface area contributed by atoms with Crippen molar-refractivity contribution in [3.8, 4) is 11.1 Å². The third-order valence-corrected chi connectivity index (χ3v) is 4.95. The van der Waals surface area contributed by atoms with Gasteiger partial charge in [0.1, 0.15) is 11.3 Å². The van der Waals surface area contributed by atoms with Crippen molar-refractivity contribution >= 4 is 29.0 Å². The average molecular weight is 457 g/mol. The SMILES string of the molecule is O=C(CCC(F)c1ccc(-c2ccc(Cl)nc2)cc1Cl)c1cccnc1C(F)(F)F. The predicted octanol–water partition coefficient (Wildman–Crippen LogP) is 7.14. The standard InChI is InChI=1S/C21H14Cl2F4N2O/c22-16-10-12(13-4-8-19(23)29-11-13)3-5-14(16)17(24)6-7-18(30)15-2-1-9-28-20(15)21(25,26)27/h1-5,8-11,17H,6-7H2. The average Bonchev–Trinajstić information content (AvgIpc) is 2.71. The molecular formula is C21H14Cl2F4N2O. The number of hydrogen-bond acceptors (Lipinski definition) is 3. The number of pyridine rings is 2. The molecule has 0 saturated heterocycles. The maximum atomic E-state index is 14.7. The van der Waals surface area contributed by atoms with E-state index in [0.717, 1.165) is 17.8 Å². The number of ketones is 1. The van der Waals surface area contributed by atoms with E-state index in [2.05, 4.69) is 9.97 Å². The van der Waals surface area contributed by atoms with Gasteiger partial charge in [-0.25, -0.2) is 9.37 Å². The number of Topliss-reactive ketones (excluding diaryl/α,β-unsaturated/α-hetero) is 1. The maximum absolute atomic E-state index is 14.7. The first-order chi connectivity index (χ1) is 14.2. The van der Waals surface area contributed by atoms with Gasteiger partial charge in [-0.05, 0) is 42.3 Å². The van der Waals surface area contributed by atoms with Crippen LogP contribution in [0.25, 0.3) is 11.1 Å². The molecule has 0 N–H and O–H groups in total. The summed E-state index contributed by atoms with van der Waals surface area (Å²) in [6, 6.07) is 10.3. The molecular weight excluding hydrogens is 443 g/mol. The van der Waals surface area contributed by atoms with Crippen LogP contribution in [0.5, 0.6) is 0 Å². The van der Waals surface area contributed by atoms with Gasteiger partial charge in [0.2, 0.25) is 0 Å². The molecule has 0 amide bonds. The molecule has 30 heavy (non-hydrogen) atoms. The summed E-state index contributed by atoms with van der Waals surface area (Å²) in [4.78, 5) is 19.5. The molecule has 0 fully saturated rings. The number of aromatic nitrogens is 2. The van der Waals surface area contributed by atoms with Crippen molar-refractivity contribution in [1.29, 1.82) is 0 Å². The molecule has 2 heterocycles. The highest BCUT2D eigenvalue weighted by molar-refractivity contribution is 6.31. The summed E-state index contributed by atoms with van der Waals surface area (Å²) in [6.07, 6.45) is -4.62. The Morgan fingerprint density at radius 1 is 1.03 bits per heavy atom. The Hall–Kier alpha value is -2.51. The van der Waals surface area contributed by atoms with Crippen LogP contribution in [0.15, 0.2) is 54.9 Å². The molecule has 0 radical (unpaired) electrons. The van der Waals surface area contributed by atoms with Crippen LogP contribution >= 0.6 is 23.2 Å². The van der Waals surface area contributed by atoms with Crippen LogP contribution in [-0.2, 0) is 6.18 Å². The van der Waals surface area contributed by atoms with Gasteiger partial charge in [-0.2, -0.15) is 13.2 Å². The zero-order chi connectivity index (χ0) is 21.9. The van der Waals surface area contributed by atoms with Crippen LogP contribution in [0.1, 0.15) is 40.6 Å². The molecule has 1 atom stereocenters. The number of benzene rings is 1. The lowest BCUT2D eigenvalue weighted by Crippen LogP contribution is -2.15. The number of nitrogens with zero attached hydrogens (tertiary/aromatic N) is 2. The van der Waals surface area contributed by atoms with Crippen LogP contribution < -0.4 is 0 Å². The normalized spacial score (nSPS) is 12.6. The molecule has 2 aromatic heterocycles. The van der Waals surface area contributed by atoms with Gasteiger partial charge in [-0.1, -0.05) is 35.3 Å². The van der Waals surface area contributed by atoms with Gasteiger partial charge in [0.25, 0.3) is 0 Å². The minimum Gasteiger partial charge on any atom is -0.294 e. The molecule has 0 aliphatic rings. The lowest BCUT2D eigenvalue weighted by atomic mass is 9.98. The van der Waals surface area contributed by atoms with Crippen LogP contribution in [0.2, 0.25) is 10.2 Å². The minimum absolute atomic E-state index is 0.139. The number of carbonyl (C=O) groups is 1. The first-order valence-electron chi connectivity index (χ1n) is 8.77. The minimum atomic E-state index is -4.77. The van der Waals surface area contributed by atoms with Crippen molar-refractivity contribution in [2.45, 2.75) is 25.2 Å². The number of carbonyl (C=O) groups excluding carboxylic acids is 1. The summed E-state index contributed by atoms with van der Waals surface area (Å²) < 4.78 is 53.7. The van der Waals surface area contributed by atoms with E-state index in [-0.39, 0.29) is 17.0 Å². The van der Waals surface area contributed by atoms with Crippen molar-refractivity contribution in [2.24, 2.45) is 0 Å². The lowest BCUT2D eigenvalue weighted by Gasteiger charge is -2.13. The molecule has 1 aromatic carbocycles. The van der Waals surface area contributed by atoms with E-state index in [4.69, 9.17) is 23.2 Å². The molecule has 3 rings (SSSR count). The molecule has 0 aliphatic heterocycles. The van der Waals surface area contributed by atoms with Crippen LogP contribution in [0.3, 0.4) is 0 Å². The van der Waals surface area contributed by atoms with Crippen LogP contribution in [0, 0.1) is 0 Å². The lowest BCUT2D eigenvalue weighted by molar-refractivity contribution is -0.141. The summed E-state index contributed by atoms with van der Waals surface area (Å²) in [5.74, 6) is -0.835. The van der Waals surface area contributed by atoms with Crippen molar-refractivity contribution in [3.05, 3.63) is 81.9 Å². The quantitative estimate of drug-likeness (QED) is 0.225. The second kappa shape index (κ2) is 9.10. The van der Waals surface area contributed by atoms with Crippen LogP contribution in [-0.4, -0.2) is 15.8 Å². The van der Waals surface area contributed by atoms with Gasteiger partial charge in [0.15, 0.2) is 11.5 Å². The second-order valence-corrected chi connectivity index (χ2v) is 7.23. The Kier molecular flexibility index (Phi) is 6.73. The third kappa shape index (κ3) is 5.15. The maximum Gasteiger partial charge on any atom is 0.434 e. The fraction of sp³-hybridized carbons (Fsp3) is 0.190. The first kappa shape index (κ1) is 22.2. The summed E-state index contributed by atoms with van der Waals surface area (Å²) in [7, 11) is 0. The van der Waals surface area contributed by atoms with Crippen molar-refractivity contribution in [1.82, 2.24) is 9.97 Å². The Morgan fingerprint density at radius 3 is 2.40 bits per heavy atom. The van der Waals surface area contributed by atoms with E-state index >= 15 is 0 Å². The van der Waals surface area contributed by atoms with Gasteiger partial charge >= 0.3 is 6.18 Å². The van der Waals surface area contributed by atoms with E-state index in [9.17, 15) is 22.4 Å². The van der Waals surface area contributed by atoms with Gasteiger partial charge in [0, 0.05) is 40.5 Å². The Morgan fingerprint density at radius 2 is 1.77 bits per heavy atom. The van der Waals surface area contributed by atoms with E-state index < -0.39 is 35.8 Å². The fourth-order valence-electron chi connectivity index (χ4n) is 2.91. The van der Waals surface area contributed by atoms with Crippen molar-refractivity contribution in [2.75, 3.05) is 0 Å².